The van der Waals surface area contributed by atoms with Gasteiger partial charge in [-0.05, 0) is 60.7 Å². The van der Waals surface area contributed by atoms with Crippen molar-refractivity contribution < 1.29 is 0 Å². The van der Waals surface area contributed by atoms with Gasteiger partial charge < -0.3 is 0 Å². The number of nitrogens with zero attached hydrogens (tertiary/aromatic N) is 3. The maximum atomic E-state index is 9.02. The lowest BCUT2D eigenvalue weighted by Gasteiger charge is -2.33. The normalized spacial score (nSPS) is 14.0. The van der Waals surface area contributed by atoms with Crippen LogP contribution in [0.3, 0.4) is 0 Å². The Morgan fingerprint density at radius 1 is 0.839 bits per heavy atom. The van der Waals surface area contributed by atoms with Crippen LogP contribution in [0.25, 0.3) is 33.4 Å². The second kappa shape index (κ2) is 6.98. The molecule has 0 saturated heterocycles. The Kier molecular flexibility index (Phi) is 4.36. The molecule has 150 valence electrons. The average molecular weight is 418 g/mol. The average Bonchev–Trinajstić information content (AvgIpc) is 2.76. The monoisotopic (exact) mass is 417 g/mol. The van der Waals surface area contributed by atoms with E-state index in [0.717, 1.165) is 16.0 Å². The highest BCUT2D eigenvalue weighted by atomic mass is 28.3. The molecule has 1 aliphatic heterocycles. The van der Waals surface area contributed by atoms with Crippen LogP contribution in [0.5, 0.6) is 0 Å². The molecule has 0 amide bonds. The molecule has 0 radical (unpaired) electrons. The van der Waals surface area contributed by atoms with Gasteiger partial charge in [-0.1, -0.05) is 103 Å². The predicted octanol–water partition coefficient (Wildman–Crippen LogP) is 4.88. The number of hydrogen-bond acceptors (Lipinski definition) is 1. The van der Waals surface area contributed by atoms with Gasteiger partial charge in [-0.2, -0.15) is 0 Å². The maximum absolute atomic E-state index is 9.02. The van der Waals surface area contributed by atoms with E-state index in [0.29, 0.717) is 5.69 Å². The summed E-state index contributed by atoms with van der Waals surface area (Å²) in [7, 11) is -1.89. The van der Waals surface area contributed by atoms with Crippen molar-refractivity contribution in [2.75, 3.05) is 0 Å². The molecule has 1 aliphatic rings. The highest BCUT2D eigenvalue weighted by Crippen LogP contribution is 2.35. The van der Waals surface area contributed by atoms with Gasteiger partial charge in [-0.25, -0.2) is 0 Å². The molecule has 31 heavy (non-hydrogen) atoms. The first-order valence-electron chi connectivity index (χ1n) is 10.4. The number of benzene rings is 4. The van der Waals surface area contributed by atoms with Crippen LogP contribution >= 0.6 is 0 Å². The fourth-order valence-corrected chi connectivity index (χ4v) is 8.12. The van der Waals surface area contributed by atoms with Crippen molar-refractivity contribution in [2.24, 2.45) is 5.11 Å². The maximum Gasteiger partial charge on any atom is 0.113 e. The lowest BCUT2D eigenvalue weighted by atomic mass is 9.90. The quantitative estimate of drug-likeness (QED) is 0.193. The summed E-state index contributed by atoms with van der Waals surface area (Å²) >= 11 is 0. The SMILES string of the molecule is C=c1ccc2c(c1)[Si](C)(C)c1cc(C)ccc1C=2c1ccc(N=[N+]=[N-])c2ccccc12. The highest BCUT2D eigenvalue weighted by Gasteiger charge is 2.35. The van der Waals surface area contributed by atoms with Crippen LogP contribution in [0, 0.1) is 6.92 Å². The molecule has 4 aromatic carbocycles. The fraction of sp³-hybridized carbons (Fsp3) is 0.111. The van der Waals surface area contributed by atoms with Crippen LogP contribution < -0.4 is 20.8 Å². The van der Waals surface area contributed by atoms with Gasteiger partial charge in [0.05, 0.1) is 0 Å². The smallest absolute Gasteiger partial charge is 0.0918 e. The summed E-state index contributed by atoms with van der Waals surface area (Å²) in [5, 5.41) is 11.2. The Bertz CT molecular complexity index is 1540. The first-order chi connectivity index (χ1) is 14.9. The van der Waals surface area contributed by atoms with Crippen LogP contribution in [0.2, 0.25) is 13.1 Å². The van der Waals surface area contributed by atoms with Gasteiger partial charge in [0.15, 0.2) is 0 Å². The van der Waals surface area contributed by atoms with Gasteiger partial charge in [0.2, 0.25) is 0 Å². The largest absolute Gasteiger partial charge is 0.113 e. The molecule has 0 aromatic heterocycles. The minimum atomic E-state index is -1.89. The Balaban J connectivity index is 2.00. The second-order valence-corrected chi connectivity index (χ2v) is 13.1. The minimum absolute atomic E-state index is 0.658. The van der Waals surface area contributed by atoms with E-state index in [1.54, 1.807) is 0 Å². The van der Waals surface area contributed by atoms with Crippen molar-refractivity contribution in [1.29, 1.82) is 0 Å². The summed E-state index contributed by atoms with van der Waals surface area (Å²) in [6.07, 6.45) is 0. The van der Waals surface area contributed by atoms with Crippen molar-refractivity contribution in [3.8, 4) is 0 Å². The van der Waals surface area contributed by atoms with Crippen LogP contribution in [0.15, 0.2) is 77.9 Å². The molecule has 5 rings (SSSR count). The summed E-state index contributed by atoms with van der Waals surface area (Å²) in [5.74, 6) is 0. The van der Waals surface area contributed by atoms with E-state index in [1.165, 1.54) is 37.9 Å². The van der Waals surface area contributed by atoms with E-state index >= 15 is 0 Å². The van der Waals surface area contributed by atoms with Crippen LogP contribution in [0.1, 0.15) is 16.7 Å². The van der Waals surface area contributed by atoms with E-state index in [2.05, 4.69) is 85.2 Å². The van der Waals surface area contributed by atoms with Gasteiger partial charge in [-0.3, -0.25) is 0 Å². The summed E-state index contributed by atoms with van der Waals surface area (Å²) < 4.78 is 0. The lowest BCUT2D eigenvalue weighted by Crippen LogP contribution is -2.63. The van der Waals surface area contributed by atoms with Crippen molar-refractivity contribution in [3.05, 3.63) is 110 Å². The zero-order valence-electron chi connectivity index (χ0n) is 18.0. The third-order valence-electron chi connectivity index (χ3n) is 6.47. The van der Waals surface area contributed by atoms with E-state index in [1.807, 2.05) is 24.3 Å². The standard InChI is InChI=1S/C27H23N3Si/c1-17-9-11-22-25(15-17)31(3,4)26-16-18(2)10-12-23(26)27(22)21-13-14-24(29-30-28)20-8-6-5-7-19(20)21/h5-16H,1H2,2-4H3. The van der Waals surface area contributed by atoms with Crippen molar-refractivity contribution in [2.45, 2.75) is 20.0 Å². The van der Waals surface area contributed by atoms with Gasteiger partial charge >= 0.3 is 0 Å². The first kappa shape index (κ1) is 19.4. The van der Waals surface area contributed by atoms with E-state index in [9.17, 15) is 0 Å². The van der Waals surface area contributed by atoms with Crippen LogP contribution in [0.4, 0.5) is 5.69 Å². The van der Waals surface area contributed by atoms with Crippen molar-refractivity contribution in [1.82, 2.24) is 0 Å². The number of azide groups is 1. The van der Waals surface area contributed by atoms with E-state index in [4.69, 9.17) is 5.53 Å². The predicted molar refractivity (Wildman–Crippen MR) is 134 cm³/mol. The van der Waals surface area contributed by atoms with Crippen LogP contribution in [-0.2, 0) is 0 Å². The Hall–Kier alpha value is -3.59. The molecule has 4 heteroatoms. The molecule has 0 bridgehead atoms. The molecule has 0 N–H and O–H groups in total. The van der Waals surface area contributed by atoms with Crippen molar-refractivity contribution in [3.63, 3.8) is 0 Å². The molecule has 0 saturated carbocycles. The molecular weight excluding hydrogens is 394 g/mol. The van der Waals surface area contributed by atoms with Gasteiger partial charge in [-0.15, -0.1) is 0 Å². The molecule has 1 heterocycles. The molecule has 0 unspecified atom stereocenters. The highest BCUT2D eigenvalue weighted by molar-refractivity contribution is 7.01. The topological polar surface area (TPSA) is 48.8 Å². The number of fused-ring (bicyclic) bond motifs is 3. The molecular formula is C27H23N3Si. The molecule has 0 spiro atoms. The van der Waals surface area contributed by atoms with Gasteiger partial charge in [0.25, 0.3) is 0 Å². The zero-order chi connectivity index (χ0) is 21.8. The second-order valence-electron chi connectivity index (χ2n) is 8.80. The number of aryl methyl sites for hydroxylation is 1. The Labute approximate surface area is 182 Å². The Morgan fingerprint density at radius 3 is 2.35 bits per heavy atom. The molecule has 0 atom stereocenters. The summed E-state index contributed by atoms with van der Waals surface area (Å²) in [6, 6.07) is 25.7. The Morgan fingerprint density at radius 2 is 1.58 bits per heavy atom. The van der Waals surface area contributed by atoms with Crippen molar-refractivity contribution >= 4 is 47.1 Å². The first-order valence-corrected chi connectivity index (χ1v) is 13.4. The summed E-state index contributed by atoms with van der Waals surface area (Å²) in [5.41, 5.74) is 14.7. The molecule has 0 aliphatic carbocycles. The van der Waals surface area contributed by atoms with E-state index in [-0.39, 0.29) is 0 Å². The lowest BCUT2D eigenvalue weighted by molar-refractivity contribution is 1.43. The van der Waals surface area contributed by atoms with Crippen LogP contribution in [-0.4, -0.2) is 8.07 Å². The van der Waals surface area contributed by atoms with Gasteiger partial charge in [0.1, 0.15) is 8.07 Å². The van der Waals surface area contributed by atoms with Gasteiger partial charge in [0, 0.05) is 10.6 Å². The van der Waals surface area contributed by atoms with E-state index < -0.39 is 8.07 Å². The number of hydrogen-bond donors (Lipinski definition) is 0. The summed E-state index contributed by atoms with van der Waals surface area (Å²) in [4.78, 5) is 3.03. The summed E-state index contributed by atoms with van der Waals surface area (Å²) in [6.45, 7) is 11.2. The molecule has 3 nitrogen and oxygen atoms in total. The zero-order valence-corrected chi connectivity index (χ0v) is 19.0. The third-order valence-corrected chi connectivity index (χ3v) is 9.99. The fourth-order valence-electron chi connectivity index (χ4n) is 4.94. The molecule has 4 aromatic rings. The number of rotatable bonds is 2. The third kappa shape index (κ3) is 2.92. The minimum Gasteiger partial charge on any atom is -0.0918 e. The molecule has 0 fully saturated rings.